The first kappa shape index (κ1) is 5.16. The largest absolute Gasteiger partial charge is 0.273 e. The highest BCUT2D eigenvalue weighted by Crippen LogP contribution is 1.94. The average molecular weight is 135 g/mol. The molecule has 0 saturated carbocycles. The van der Waals surface area contributed by atoms with Crippen molar-refractivity contribution in [3.63, 3.8) is 0 Å². The topological polar surface area (TPSA) is 59.4 Å². The van der Waals surface area contributed by atoms with Crippen LogP contribution in [0.3, 0.4) is 0 Å². The standard InChI is InChI=1S/C5H5N5/c1-2-10(4-6-1)5-7-3-8-9-5/h1-4H,(H,7,8,9). The summed E-state index contributed by atoms with van der Waals surface area (Å²) >= 11 is 0. The van der Waals surface area contributed by atoms with Crippen molar-refractivity contribution in [3.8, 4) is 5.95 Å². The second-order valence-electron chi connectivity index (χ2n) is 1.77. The average Bonchev–Trinajstić information content (AvgIpc) is 2.59. The van der Waals surface area contributed by atoms with Crippen LogP contribution in [0.4, 0.5) is 0 Å². The Labute approximate surface area is 56.7 Å². The van der Waals surface area contributed by atoms with Gasteiger partial charge in [-0.15, -0.1) is 5.10 Å². The Morgan fingerprint density at radius 2 is 2.50 bits per heavy atom. The zero-order chi connectivity index (χ0) is 6.81. The second kappa shape index (κ2) is 1.94. The zero-order valence-electron chi connectivity index (χ0n) is 5.10. The molecule has 2 aromatic heterocycles. The number of hydrogen-bond acceptors (Lipinski definition) is 3. The van der Waals surface area contributed by atoms with Crippen LogP contribution < -0.4 is 0 Å². The van der Waals surface area contributed by atoms with Crippen molar-refractivity contribution in [1.29, 1.82) is 0 Å². The van der Waals surface area contributed by atoms with Gasteiger partial charge in [-0.25, -0.2) is 9.97 Å². The molecule has 0 atom stereocenters. The van der Waals surface area contributed by atoms with E-state index in [-0.39, 0.29) is 0 Å². The summed E-state index contributed by atoms with van der Waals surface area (Å²) < 4.78 is 1.72. The molecule has 0 aliphatic heterocycles. The van der Waals surface area contributed by atoms with Gasteiger partial charge in [-0.1, -0.05) is 0 Å². The van der Waals surface area contributed by atoms with Crippen molar-refractivity contribution in [2.24, 2.45) is 0 Å². The lowest BCUT2D eigenvalue weighted by molar-refractivity contribution is 0.931. The fourth-order valence-corrected chi connectivity index (χ4v) is 0.704. The molecule has 0 unspecified atom stereocenters. The minimum absolute atomic E-state index is 0.609. The van der Waals surface area contributed by atoms with Gasteiger partial charge in [0, 0.05) is 12.4 Å². The highest BCUT2D eigenvalue weighted by atomic mass is 15.3. The maximum Gasteiger partial charge on any atom is 0.253 e. The lowest BCUT2D eigenvalue weighted by Gasteiger charge is -1.88. The third kappa shape index (κ3) is 0.680. The highest BCUT2D eigenvalue weighted by Gasteiger charge is 1.95. The molecule has 0 amide bonds. The van der Waals surface area contributed by atoms with Crippen LogP contribution in [0.25, 0.3) is 5.95 Å². The van der Waals surface area contributed by atoms with E-state index in [0.29, 0.717) is 5.95 Å². The van der Waals surface area contributed by atoms with Gasteiger partial charge in [0.2, 0.25) is 0 Å². The number of nitrogens with one attached hydrogen (secondary N) is 1. The Morgan fingerprint density at radius 3 is 3.10 bits per heavy atom. The minimum Gasteiger partial charge on any atom is -0.273 e. The summed E-state index contributed by atoms with van der Waals surface area (Å²) in [4.78, 5) is 7.76. The molecule has 2 heterocycles. The van der Waals surface area contributed by atoms with Crippen molar-refractivity contribution in [2.45, 2.75) is 0 Å². The fourth-order valence-electron chi connectivity index (χ4n) is 0.704. The minimum atomic E-state index is 0.609. The van der Waals surface area contributed by atoms with Crippen molar-refractivity contribution in [3.05, 3.63) is 25.0 Å². The Kier molecular flexibility index (Phi) is 1.00. The SMILES string of the molecule is c1cn(-c2nc[nH]n2)cn1. The van der Waals surface area contributed by atoms with E-state index in [1.807, 2.05) is 0 Å². The summed E-state index contributed by atoms with van der Waals surface area (Å²) in [6.07, 6.45) is 6.62. The van der Waals surface area contributed by atoms with Crippen LogP contribution >= 0.6 is 0 Å². The molecule has 0 aromatic carbocycles. The van der Waals surface area contributed by atoms with Crippen LogP contribution in [0, 0.1) is 0 Å². The Hall–Kier alpha value is -1.65. The normalized spacial score (nSPS) is 10.0. The van der Waals surface area contributed by atoms with Gasteiger partial charge in [-0.3, -0.25) is 9.67 Å². The summed E-state index contributed by atoms with van der Waals surface area (Å²) in [6.45, 7) is 0. The first-order valence-electron chi connectivity index (χ1n) is 2.81. The van der Waals surface area contributed by atoms with Crippen molar-refractivity contribution in [1.82, 2.24) is 24.7 Å². The molecule has 0 radical (unpaired) electrons. The highest BCUT2D eigenvalue weighted by molar-refractivity contribution is 5.05. The van der Waals surface area contributed by atoms with Crippen LogP contribution in [0.1, 0.15) is 0 Å². The van der Waals surface area contributed by atoms with E-state index in [0.717, 1.165) is 0 Å². The quantitative estimate of drug-likeness (QED) is 0.598. The molecule has 5 heteroatoms. The molecule has 0 aliphatic rings. The predicted molar refractivity (Wildman–Crippen MR) is 33.5 cm³/mol. The van der Waals surface area contributed by atoms with E-state index in [1.165, 1.54) is 6.33 Å². The molecule has 0 aliphatic carbocycles. The molecule has 2 aromatic rings. The smallest absolute Gasteiger partial charge is 0.253 e. The van der Waals surface area contributed by atoms with Gasteiger partial charge in [-0.2, -0.15) is 0 Å². The molecule has 0 bridgehead atoms. The van der Waals surface area contributed by atoms with Crippen LogP contribution in [0.2, 0.25) is 0 Å². The van der Waals surface area contributed by atoms with Gasteiger partial charge in [-0.05, 0) is 0 Å². The predicted octanol–water partition coefficient (Wildman–Crippen LogP) is -0.00960. The summed E-state index contributed by atoms with van der Waals surface area (Å²) in [5, 5.41) is 6.45. The molecule has 0 saturated heterocycles. The first-order chi connectivity index (χ1) is 4.97. The third-order valence-corrected chi connectivity index (χ3v) is 1.14. The van der Waals surface area contributed by atoms with E-state index in [9.17, 15) is 0 Å². The molecule has 5 nitrogen and oxygen atoms in total. The van der Waals surface area contributed by atoms with Crippen molar-refractivity contribution in [2.75, 3.05) is 0 Å². The molecule has 1 N–H and O–H groups in total. The summed E-state index contributed by atoms with van der Waals surface area (Å²) in [7, 11) is 0. The number of nitrogens with zero attached hydrogens (tertiary/aromatic N) is 4. The third-order valence-electron chi connectivity index (χ3n) is 1.14. The lowest BCUT2D eigenvalue weighted by atomic mass is 10.8. The Bertz CT molecular complexity index is 249. The molecular formula is C5H5N5. The monoisotopic (exact) mass is 135 g/mol. The second-order valence-corrected chi connectivity index (χ2v) is 1.77. The van der Waals surface area contributed by atoms with Gasteiger partial charge in [0.05, 0.1) is 0 Å². The number of rotatable bonds is 1. The van der Waals surface area contributed by atoms with E-state index in [4.69, 9.17) is 0 Å². The van der Waals surface area contributed by atoms with E-state index >= 15 is 0 Å². The molecule has 50 valence electrons. The first-order valence-corrected chi connectivity index (χ1v) is 2.81. The van der Waals surface area contributed by atoms with Gasteiger partial charge in [0.15, 0.2) is 0 Å². The Balaban J connectivity index is 2.48. The molecule has 2 rings (SSSR count). The zero-order valence-corrected chi connectivity index (χ0v) is 5.10. The van der Waals surface area contributed by atoms with E-state index < -0.39 is 0 Å². The van der Waals surface area contributed by atoms with Crippen LogP contribution in [0.5, 0.6) is 0 Å². The van der Waals surface area contributed by atoms with E-state index in [2.05, 4.69) is 20.2 Å². The van der Waals surface area contributed by atoms with Crippen LogP contribution in [0.15, 0.2) is 25.0 Å². The van der Waals surface area contributed by atoms with Crippen molar-refractivity contribution < 1.29 is 0 Å². The van der Waals surface area contributed by atoms with Gasteiger partial charge in [0.1, 0.15) is 12.7 Å². The Morgan fingerprint density at radius 1 is 1.50 bits per heavy atom. The van der Waals surface area contributed by atoms with Crippen molar-refractivity contribution >= 4 is 0 Å². The lowest BCUT2D eigenvalue weighted by Crippen LogP contribution is -1.91. The summed E-state index contributed by atoms with van der Waals surface area (Å²) in [6, 6.07) is 0. The number of aromatic amines is 1. The molecular weight excluding hydrogens is 130 g/mol. The summed E-state index contributed by atoms with van der Waals surface area (Å²) in [5.74, 6) is 0.609. The molecule has 10 heavy (non-hydrogen) atoms. The summed E-state index contributed by atoms with van der Waals surface area (Å²) in [5.41, 5.74) is 0. The number of aromatic nitrogens is 5. The van der Waals surface area contributed by atoms with E-state index in [1.54, 1.807) is 23.3 Å². The van der Waals surface area contributed by atoms with Gasteiger partial charge in [0.25, 0.3) is 5.95 Å². The molecule has 0 fully saturated rings. The van der Waals surface area contributed by atoms with Gasteiger partial charge < -0.3 is 0 Å². The van der Waals surface area contributed by atoms with Crippen LogP contribution in [-0.2, 0) is 0 Å². The maximum atomic E-state index is 3.92. The van der Waals surface area contributed by atoms with Gasteiger partial charge >= 0.3 is 0 Å². The fraction of sp³-hybridized carbons (Fsp3) is 0. The maximum absolute atomic E-state index is 3.92. The van der Waals surface area contributed by atoms with Crippen LogP contribution in [-0.4, -0.2) is 24.7 Å². The molecule has 0 spiro atoms. The number of hydrogen-bond donors (Lipinski definition) is 1. The number of H-pyrrole nitrogens is 1. The number of imidazole rings is 1.